The molecule has 240 valence electrons. The van der Waals surface area contributed by atoms with Crippen LogP contribution in [0.15, 0.2) is 60.7 Å². The molecule has 0 aliphatic carbocycles. The largest absolute Gasteiger partial charge is 0.381 e. The summed E-state index contributed by atoms with van der Waals surface area (Å²) in [6.07, 6.45) is 22.4. The predicted octanol–water partition coefficient (Wildman–Crippen LogP) is 10.8. The summed E-state index contributed by atoms with van der Waals surface area (Å²) in [5.41, 5.74) is 1.64. The van der Waals surface area contributed by atoms with Crippen molar-refractivity contribution in [2.75, 3.05) is 13.2 Å². The highest BCUT2D eigenvalue weighted by molar-refractivity contribution is 5.18. The Kier molecular flexibility index (Phi) is 20.8. The van der Waals surface area contributed by atoms with Crippen molar-refractivity contribution in [1.82, 2.24) is 0 Å². The lowest BCUT2D eigenvalue weighted by Gasteiger charge is -2.09. The van der Waals surface area contributed by atoms with Crippen LogP contribution in [0, 0.1) is 20.2 Å². The van der Waals surface area contributed by atoms with Crippen LogP contribution >= 0.6 is 0 Å². The van der Waals surface area contributed by atoms with Crippen molar-refractivity contribution in [3.8, 4) is 0 Å². The molecule has 0 saturated heterocycles. The second-order valence-electron chi connectivity index (χ2n) is 12.0. The van der Waals surface area contributed by atoms with Crippen molar-refractivity contribution in [3.05, 3.63) is 92.0 Å². The molecule has 0 amide bonds. The average Bonchev–Trinajstić information content (AvgIpc) is 3.01. The maximum absolute atomic E-state index is 11.4. The molecule has 0 N–H and O–H groups in total. The number of nitro groups is 2. The maximum atomic E-state index is 11.4. The average molecular weight is 597 g/mol. The quantitative estimate of drug-likeness (QED) is 0.0553. The number of benzene rings is 2. The molecule has 2 unspecified atom stereocenters. The number of hydrogen-bond acceptors (Lipinski definition) is 5. The van der Waals surface area contributed by atoms with Gasteiger partial charge in [0.25, 0.3) is 0 Å². The first-order chi connectivity index (χ1) is 21.1. The van der Waals surface area contributed by atoms with Gasteiger partial charge in [-0.05, 0) is 25.7 Å². The van der Waals surface area contributed by atoms with Gasteiger partial charge in [-0.25, -0.2) is 0 Å². The normalized spacial score (nSPS) is 12.7. The SMILES string of the molecule is O=[N+]([O-])C(CCCCCCCCCCCOCCCCCCCCCCCC(c1ccccc1)[N+](=O)[O-])c1ccccc1. The molecule has 0 saturated carbocycles. The fourth-order valence-electron chi connectivity index (χ4n) is 5.80. The van der Waals surface area contributed by atoms with Gasteiger partial charge in [0, 0.05) is 47.0 Å². The minimum absolute atomic E-state index is 0.140. The summed E-state index contributed by atoms with van der Waals surface area (Å²) >= 11 is 0. The highest BCUT2D eigenvalue weighted by atomic mass is 16.6. The van der Waals surface area contributed by atoms with E-state index >= 15 is 0 Å². The molecule has 7 heteroatoms. The van der Waals surface area contributed by atoms with Crippen LogP contribution in [0.3, 0.4) is 0 Å². The van der Waals surface area contributed by atoms with Crippen LogP contribution < -0.4 is 0 Å². The van der Waals surface area contributed by atoms with Gasteiger partial charge in [-0.1, -0.05) is 151 Å². The Bertz CT molecular complexity index is 879. The van der Waals surface area contributed by atoms with Gasteiger partial charge in [-0.3, -0.25) is 20.2 Å². The van der Waals surface area contributed by atoms with Crippen LogP contribution in [0.4, 0.5) is 0 Å². The topological polar surface area (TPSA) is 95.5 Å². The van der Waals surface area contributed by atoms with Crippen molar-refractivity contribution in [1.29, 1.82) is 0 Å². The summed E-state index contributed by atoms with van der Waals surface area (Å²) < 4.78 is 5.82. The summed E-state index contributed by atoms with van der Waals surface area (Å²) in [4.78, 5) is 22.5. The monoisotopic (exact) mass is 596 g/mol. The zero-order valence-corrected chi connectivity index (χ0v) is 26.4. The van der Waals surface area contributed by atoms with E-state index in [0.29, 0.717) is 12.8 Å². The fraction of sp³-hybridized carbons (Fsp3) is 0.667. The summed E-state index contributed by atoms with van der Waals surface area (Å²) in [6.45, 7) is 1.75. The van der Waals surface area contributed by atoms with Crippen molar-refractivity contribution in [2.24, 2.45) is 0 Å². The smallest absolute Gasteiger partial charge is 0.238 e. The zero-order chi connectivity index (χ0) is 30.8. The molecule has 0 bridgehead atoms. The Morgan fingerprint density at radius 3 is 1.02 bits per heavy atom. The molecule has 0 aliphatic rings. The lowest BCUT2D eigenvalue weighted by atomic mass is 10.00. The zero-order valence-electron chi connectivity index (χ0n) is 26.4. The van der Waals surface area contributed by atoms with E-state index in [0.717, 1.165) is 62.9 Å². The third kappa shape index (κ3) is 17.8. The minimum Gasteiger partial charge on any atom is -0.381 e. The van der Waals surface area contributed by atoms with E-state index in [1.54, 1.807) is 0 Å². The van der Waals surface area contributed by atoms with Crippen LogP contribution in [0.1, 0.15) is 152 Å². The lowest BCUT2D eigenvalue weighted by Crippen LogP contribution is -2.10. The van der Waals surface area contributed by atoms with Crippen LogP contribution in [-0.2, 0) is 4.74 Å². The van der Waals surface area contributed by atoms with E-state index in [1.807, 2.05) is 60.7 Å². The Morgan fingerprint density at radius 2 is 0.721 bits per heavy atom. The molecule has 2 atom stereocenters. The van der Waals surface area contributed by atoms with Crippen LogP contribution in [0.2, 0.25) is 0 Å². The Hall–Kier alpha value is -2.80. The number of rotatable bonds is 28. The predicted molar refractivity (Wildman–Crippen MR) is 176 cm³/mol. The summed E-state index contributed by atoms with van der Waals surface area (Å²) in [5, 5.41) is 22.8. The highest BCUT2D eigenvalue weighted by Gasteiger charge is 2.22. The first-order valence-corrected chi connectivity index (χ1v) is 17.0. The molecule has 2 rings (SSSR count). The van der Waals surface area contributed by atoms with Crippen LogP contribution in [0.5, 0.6) is 0 Å². The number of ether oxygens (including phenoxy) is 1. The van der Waals surface area contributed by atoms with Gasteiger partial charge in [0.05, 0.1) is 0 Å². The van der Waals surface area contributed by atoms with E-state index in [-0.39, 0.29) is 9.85 Å². The van der Waals surface area contributed by atoms with Crippen molar-refractivity contribution < 1.29 is 14.6 Å². The van der Waals surface area contributed by atoms with Crippen LogP contribution in [0.25, 0.3) is 0 Å². The Labute approximate surface area is 260 Å². The van der Waals surface area contributed by atoms with E-state index in [2.05, 4.69) is 0 Å². The number of hydrogen-bond donors (Lipinski definition) is 0. The molecule has 43 heavy (non-hydrogen) atoms. The van der Waals surface area contributed by atoms with E-state index in [9.17, 15) is 20.2 Å². The van der Waals surface area contributed by atoms with E-state index in [1.165, 1.54) is 77.0 Å². The van der Waals surface area contributed by atoms with Crippen LogP contribution in [-0.4, -0.2) is 23.1 Å². The summed E-state index contributed by atoms with van der Waals surface area (Å²) in [6, 6.07) is 17.6. The number of nitrogens with zero attached hydrogens (tertiary/aromatic N) is 2. The Morgan fingerprint density at radius 1 is 0.442 bits per heavy atom. The van der Waals surface area contributed by atoms with Gasteiger partial charge in [-0.15, -0.1) is 0 Å². The van der Waals surface area contributed by atoms with Crippen molar-refractivity contribution in [2.45, 2.75) is 141 Å². The van der Waals surface area contributed by atoms with Gasteiger partial charge in [-0.2, -0.15) is 0 Å². The Balaban J connectivity index is 1.27. The molecule has 0 spiro atoms. The third-order valence-corrected chi connectivity index (χ3v) is 8.41. The molecule has 0 fully saturated rings. The van der Waals surface area contributed by atoms with Gasteiger partial charge >= 0.3 is 0 Å². The second kappa shape index (κ2) is 24.6. The summed E-state index contributed by atoms with van der Waals surface area (Å²) in [7, 11) is 0. The molecule has 2 aromatic carbocycles. The van der Waals surface area contributed by atoms with Gasteiger partial charge in [0.1, 0.15) is 0 Å². The summed E-state index contributed by atoms with van der Waals surface area (Å²) in [5.74, 6) is 0. The maximum Gasteiger partial charge on any atom is 0.238 e. The molecule has 2 aromatic rings. The highest BCUT2D eigenvalue weighted by Crippen LogP contribution is 2.24. The molecule has 0 aromatic heterocycles. The van der Waals surface area contributed by atoms with Crippen molar-refractivity contribution in [3.63, 3.8) is 0 Å². The first kappa shape index (κ1) is 36.4. The minimum atomic E-state index is -0.568. The van der Waals surface area contributed by atoms with Gasteiger partial charge in [0.2, 0.25) is 12.1 Å². The second-order valence-corrected chi connectivity index (χ2v) is 12.0. The standard InChI is InChI=1S/C36H56N2O5/c39-37(40)35(33-25-17-15-18-26-33)29-21-11-7-3-1-5-9-13-23-31-43-32-24-14-10-6-2-4-8-12-22-30-36(38(41)42)34-27-19-16-20-28-34/h15-20,25-28,35-36H,1-14,21-24,29-32H2. The fourth-order valence-corrected chi connectivity index (χ4v) is 5.80. The molecular formula is C36H56N2O5. The van der Waals surface area contributed by atoms with E-state index < -0.39 is 12.1 Å². The lowest BCUT2D eigenvalue weighted by molar-refractivity contribution is -0.530. The molecular weight excluding hydrogens is 540 g/mol. The molecule has 0 heterocycles. The molecule has 7 nitrogen and oxygen atoms in total. The van der Waals surface area contributed by atoms with Gasteiger partial charge < -0.3 is 4.74 Å². The number of unbranched alkanes of at least 4 members (excludes halogenated alkanes) is 16. The molecule has 0 radical (unpaired) electrons. The van der Waals surface area contributed by atoms with Gasteiger partial charge in [0.15, 0.2) is 0 Å². The molecule has 0 aliphatic heterocycles. The third-order valence-electron chi connectivity index (χ3n) is 8.41. The van der Waals surface area contributed by atoms with E-state index in [4.69, 9.17) is 4.74 Å². The first-order valence-electron chi connectivity index (χ1n) is 17.0. The van der Waals surface area contributed by atoms with Crippen molar-refractivity contribution >= 4 is 0 Å².